The van der Waals surface area contributed by atoms with Gasteiger partial charge in [-0.15, -0.1) is 0 Å². The molecule has 0 aliphatic heterocycles. The van der Waals surface area contributed by atoms with Crippen LogP contribution >= 0.6 is 0 Å². The van der Waals surface area contributed by atoms with Crippen LogP contribution in [0.2, 0.25) is 0 Å². The van der Waals surface area contributed by atoms with Gasteiger partial charge >= 0.3 is 0 Å². The fraction of sp³-hybridized carbons (Fsp3) is 0.833. The Kier molecular flexibility index (Phi) is 6.61. The van der Waals surface area contributed by atoms with Gasteiger partial charge in [-0.3, -0.25) is 0 Å². The lowest BCUT2D eigenvalue weighted by Gasteiger charge is -2.08. The summed E-state index contributed by atoms with van der Waals surface area (Å²) in [6.07, 6.45) is 0.136. The second kappa shape index (κ2) is 6.86. The molecule has 2 N–H and O–H groups in total. The van der Waals surface area contributed by atoms with Gasteiger partial charge in [0.25, 0.3) is 0 Å². The van der Waals surface area contributed by atoms with Crippen molar-refractivity contribution in [2.45, 2.75) is 52.7 Å². The molecule has 0 aromatic heterocycles. The molecule has 0 aromatic rings. The zero-order valence-electron chi connectivity index (χ0n) is 9.62. The van der Waals surface area contributed by atoms with Gasteiger partial charge in [0.05, 0.1) is 0 Å². The Hall–Kier alpha value is -0.520. The zero-order chi connectivity index (χ0) is 11.1. The lowest BCUT2D eigenvalue weighted by molar-refractivity contribution is 0.193. The second-order valence-corrected chi connectivity index (χ2v) is 4.58. The Morgan fingerprint density at radius 2 is 1.07 bits per heavy atom. The van der Waals surface area contributed by atoms with Crippen LogP contribution in [0.15, 0.2) is 0 Å². The van der Waals surface area contributed by atoms with Gasteiger partial charge in [0.2, 0.25) is 0 Å². The molecule has 0 spiro atoms. The zero-order valence-corrected chi connectivity index (χ0v) is 9.62. The highest BCUT2D eigenvalue weighted by Gasteiger charge is 2.05. The first-order valence-corrected chi connectivity index (χ1v) is 5.29. The van der Waals surface area contributed by atoms with E-state index in [0.29, 0.717) is 24.7 Å². The van der Waals surface area contributed by atoms with E-state index in [2.05, 4.69) is 11.8 Å². The molecule has 0 aromatic carbocycles. The molecule has 0 aliphatic carbocycles. The van der Waals surface area contributed by atoms with Crippen molar-refractivity contribution in [2.75, 3.05) is 0 Å². The summed E-state index contributed by atoms with van der Waals surface area (Å²) in [6.45, 7) is 8.15. The molecule has 0 radical (unpaired) electrons. The molecule has 0 saturated carbocycles. The van der Waals surface area contributed by atoms with Crippen LogP contribution in [0.1, 0.15) is 40.5 Å². The van der Waals surface area contributed by atoms with Crippen LogP contribution in [0.25, 0.3) is 0 Å². The third-order valence-electron chi connectivity index (χ3n) is 1.81. The maximum absolute atomic E-state index is 9.42. The lowest BCUT2D eigenvalue weighted by atomic mass is 10.0. The van der Waals surface area contributed by atoms with Gasteiger partial charge < -0.3 is 10.2 Å². The monoisotopic (exact) mass is 198 g/mol. The molecule has 0 aliphatic rings. The van der Waals surface area contributed by atoms with E-state index in [1.54, 1.807) is 0 Å². The van der Waals surface area contributed by atoms with E-state index >= 15 is 0 Å². The minimum absolute atomic E-state index is 0.432. The first kappa shape index (κ1) is 13.5. The summed E-state index contributed by atoms with van der Waals surface area (Å²) in [7, 11) is 0. The lowest BCUT2D eigenvalue weighted by Crippen LogP contribution is -2.11. The van der Waals surface area contributed by atoms with Crippen LogP contribution in [-0.2, 0) is 0 Å². The maximum atomic E-state index is 9.42. The molecule has 2 unspecified atom stereocenters. The van der Waals surface area contributed by atoms with Crippen LogP contribution < -0.4 is 0 Å². The summed E-state index contributed by atoms with van der Waals surface area (Å²) in [6, 6.07) is 0. The molecule has 0 heterocycles. The number of rotatable bonds is 4. The number of aliphatic hydroxyl groups excluding tert-OH is 2. The summed E-state index contributed by atoms with van der Waals surface area (Å²) in [5.41, 5.74) is 0. The first-order chi connectivity index (χ1) is 6.41. The van der Waals surface area contributed by atoms with Gasteiger partial charge in [-0.05, 0) is 24.7 Å². The summed E-state index contributed by atoms with van der Waals surface area (Å²) < 4.78 is 0. The van der Waals surface area contributed by atoms with E-state index in [-0.39, 0.29) is 0 Å². The molecule has 2 heteroatoms. The van der Waals surface area contributed by atoms with Crippen LogP contribution in [0, 0.1) is 23.7 Å². The van der Waals surface area contributed by atoms with Crippen molar-refractivity contribution in [1.82, 2.24) is 0 Å². The first-order valence-electron chi connectivity index (χ1n) is 5.29. The summed E-state index contributed by atoms with van der Waals surface area (Å²) in [4.78, 5) is 0. The fourth-order valence-electron chi connectivity index (χ4n) is 1.20. The van der Waals surface area contributed by atoms with E-state index in [1.807, 2.05) is 27.7 Å². The minimum Gasteiger partial charge on any atom is -0.380 e. The Bertz CT molecular complexity index is 178. The topological polar surface area (TPSA) is 40.5 Å². The predicted molar refractivity (Wildman–Crippen MR) is 58.7 cm³/mol. The van der Waals surface area contributed by atoms with E-state index in [9.17, 15) is 10.2 Å². The largest absolute Gasteiger partial charge is 0.380 e. The van der Waals surface area contributed by atoms with Crippen molar-refractivity contribution in [3.63, 3.8) is 0 Å². The second-order valence-electron chi connectivity index (χ2n) is 4.58. The van der Waals surface area contributed by atoms with Crippen molar-refractivity contribution < 1.29 is 10.2 Å². The van der Waals surface area contributed by atoms with E-state index in [0.717, 1.165) is 0 Å². The Balaban J connectivity index is 3.89. The van der Waals surface area contributed by atoms with Gasteiger partial charge in [0.15, 0.2) is 0 Å². The SMILES string of the molecule is CC(C)CC(O)C#CC(O)CC(C)C. The highest BCUT2D eigenvalue weighted by atomic mass is 16.3. The molecule has 2 atom stereocenters. The van der Waals surface area contributed by atoms with Gasteiger partial charge in [0, 0.05) is 0 Å². The van der Waals surface area contributed by atoms with E-state index < -0.39 is 12.2 Å². The van der Waals surface area contributed by atoms with Gasteiger partial charge in [-0.1, -0.05) is 39.5 Å². The van der Waals surface area contributed by atoms with Crippen molar-refractivity contribution >= 4 is 0 Å². The van der Waals surface area contributed by atoms with Crippen LogP contribution in [0.5, 0.6) is 0 Å². The van der Waals surface area contributed by atoms with Gasteiger partial charge in [0.1, 0.15) is 12.2 Å². The van der Waals surface area contributed by atoms with Gasteiger partial charge in [-0.2, -0.15) is 0 Å². The third kappa shape index (κ3) is 8.10. The standard InChI is InChI=1S/C12H22O2/c1-9(2)7-11(13)5-6-12(14)8-10(3)4/h9-14H,7-8H2,1-4H3. The summed E-state index contributed by atoms with van der Waals surface area (Å²) >= 11 is 0. The van der Waals surface area contributed by atoms with Crippen molar-refractivity contribution in [2.24, 2.45) is 11.8 Å². The van der Waals surface area contributed by atoms with Crippen LogP contribution in [0.4, 0.5) is 0 Å². The van der Waals surface area contributed by atoms with Gasteiger partial charge in [-0.25, -0.2) is 0 Å². The molecule has 0 bridgehead atoms. The molecule has 14 heavy (non-hydrogen) atoms. The number of hydrogen-bond acceptors (Lipinski definition) is 2. The molecule has 0 fully saturated rings. The number of hydrogen-bond donors (Lipinski definition) is 2. The number of aliphatic hydroxyl groups is 2. The highest BCUT2D eigenvalue weighted by Crippen LogP contribution is 2.05. The molecular weight excluding hydrogens is 176 g/mol. The average Bonchev–Trinajstić information content (AvgIpc) is 1.98. The highest BCUT2D eigenvalue weighted by molar-refractivity contribution is 5.08. The van der Waals surface area contributed by atoms with Crippen molar-refractivity contribution in [3.05, 3.63) is 0 Å². The van der Waals surface area contributed by atoms with E-state index in [1.165, 1.54) is 0 Å². The Morgan fingerprint density at radius 1 is 0.786 bits per heavy atom. The molecule has 0 saturated heterocycles. The van der Waals surface area contributed by atoms with Crippen LogP contribution in [-0.4, -0.2) is 22.4 Å². The minimum atomic E-state index is -0.600. The fourth-order valence-corrected chi connectivity index (χ4v) is 1.20. The molecule has 2 nitrogen and oxygen atoms in total. The molecule has 0 rings (SSSR count). The predicted octanol–water partition coefficient (Wildman–Crippen LogP) is 1.80. The van der Waals surface area contributed by atoms with Crippen molar-refractivity contribution in [1.29, 1.82) is 0 Å². The Morgan fingerprint density at radius 3 is 1.29 bits per heavy atom. The maximum Gasteiger partial charge on any atom is 0.115 e. The quantitative estimate of drug-likeness (QED) is 0.676. The molecule has 82 valence electrons. The average molecular weight is 198 g/mol. The molecular formula is C12H22O2. The Labute approximate surface area is 87.3 Å². The summed E-state index contributed by atoms with van der Waals surface area (Å²) in [5.74, 6) is 6.21. The third-order valence-corrected chi connectivity index (χ3v) is 1.81. The smallest absolute Gasteiger partial charge is 0.115 e. The van der Waals surface area contributed by atoms with E-state index in [4.69, 9.17) is 0 Å². The van der Waals surface area contributed by atoms with Crippen LogP contribution in [0.3, 0.4) is 0 Å². The normalized spacial score (nSPS) is 15.1. The van der Waals surface area contributed by atoms with Crippen molar-refractivity contribution in [3.8, 4) is 11.8 Å². The summed E-state index contributed by atoms with van der Waals surface area (Å²) in [5, 5.41) is 18.8. The molecule has 0 amide bonds.